The molecular formula is C16H17N3O. The Balaban J connectivity index is 1.96. The summed E-state index contributed by atoms with van der Waals surface area (Å²) in [5.41, 5.74) is 9.93. The molecule has 0 aliphatic carbocycles. The van der Waals surface area contributed by atoms with Gasteiger partial charge < -0.3 is 14.9 Å². The first kappa shape index (κ1) is 12.7. The Bertz CT molecular complexity index is 716. The van der Waals surface area contributed by atoms with Crippen LogP contribution in [-0.4, -0.2) is 16.0 Å². The Morgan fingerprint density at radius 3 is 2.65 bits per heavy atom. The predicted molar refractivity (Wildman–Crippen MR) is 79.7 cm³/mol. The largest absolute Gasteiger partial charge is 0.494 e. The maximum atomic E-state index is 5.62. The molecule has 4 heteroatoms. The Morgan fingerprint density at radius 1 is 1.15 bits per heavy atom. The molecule has 0 bridgehead atoms. The third-order valence-electron chi connectivity index (χ3n) is 3.25. The highest BCUT2D eigenvalue weighted by Crippen LogP contribution is 2.25. The fourth-order valence-electron chi connectivity index (χ4n) is 2.24. The number of nitrogens with zero attached hydrogens (tertiary/aromatic N) is 2. The van der Waals surface area contributed by atoms with Crippen LogP contribution in [0.5, 0.6) is 5.75 Å². The summed E-state index contributed by atoms with van der Waals surface area (Å²) in [4.78, 5) is 4.29. The lowest BCUT2D eigenvalue weighted by Gasteiger charge is -2.03. The smallest absolute Gasteiger partial charge is 0.119 e. The lowest BCUT2D eigenvalue weighted by Crippen LogP contribution is -2.00. The van der Waals surface area contributed by atoms with E-state index in [2.05, 4.69) is 29.4 Å². The summed E-state index contributed by atoms with van der Waals surface area (Å²) in [6.45, 7) is 3.12. The van der Waals surface area contributed by atoms with Crippen LogP contribution in [0.1, 0.15) is 12.6 Å². The van der Waals surface area contributed by atoms with E-state index < -0.39 is 0 Å². The SMILES string of the molecule is CCOc1ccc(-c2cc3cc(CN)ncn3c2)cc1. The standard InChI is InChI=1S/C16H17N3O/c1-2-20-16-5-3-12(4-6-16)13-7-15-8-14(9-17)18-11-19(15)10-13/h3-8,10-11H,2,9,17H2,1H3. The molecule has 1 aromatic carbocycles. The van der Waals surface area contributed by atoms with Crippen LogP contribution in [0.3, 0.4) is 0 Å². The Kier molecular flexibility index (Phi) is 3.39. The summed E-state index contributed by atoms with van der Waals surface area (Å²) in [6, 6.07) is 12.3. The van der Waals surface area contributed by atoms with Gasteiger partial charge in [0.05, 0.1) is 18.6 Å². The van der Waals surface area contributed by atoms with Crippen LogP contribution in [0.25, 0.3) is 16.6 Å². The molecule has 4 nitrogen and oxygen atoms in total. The van der Waals surface area contributed by atoms with Gasteiger partial charge in [-0.3, -0.25) is 0 Å². The molecule has 102 valence electrons. The quantitative estimate of drug-likeness (QED) is 0.790. The fraction of sp³-hybridized carbons (Fsp3) is 0.188. The Hall–Kier alpha value is -2.33. The van der Waals surface area contributed by atoms with Crippen molar-refractivity contribution in [3.63, 3.8) is 0 Å². The molecule has 0 radical (unpaired) electrons. The molecule has 0 atom stereocenters. The number of ether oxygens (including phenoxy) is 1. The van der Waals surface area contributed by atoms with E-state index in [1.807, 2.05) is 29.5 Å². The van der Waals surface area contributed by atoms with Crippen molar-refractivity contribution in [3.05, 3.63) is 54.6 Å². The summed E-state index contributed by atoms with van der Waals surface area (Å²) in [5, 5.41) is 0. The highest BCUT2D eigenvalue weighted by atomic mass is 16.5. The van der Waals surface area contributed by atoms with E-state index in [0.29, 0.717) is 13.2 Å². The van der Waals surface area contributed by atoms with Crippen LogP contribution in [-0.2, 0) is 6.54 Å². The molecule has 2 N–H and O–H groups in total. The van der Waals surface area contributed by atoms with Crippen molar-refractivity contribution in [3.8, 4) is 16.9 Å². The van der Waals surface area contributed by atoms with Crippen molar-refractivity contribution in [1.29, 1.82) is 0 Å². The summed E-state index contributed by atoms with van der Waals surface area (Å²) >= 11 is 0. The first-order valence-corrected chi connectivity index (χ1v) is 6.70. The number of fused-ring (bicyclic) bond motifs is 1. The zero-order chi connectivity index (χ0) is 13.9. The van der Waals surface area contributed by atoms with Gasteiger partial charge in [0.25, 0.3) is 0 Å². The third-order valence-corrected chi connectivity index (χ3v) is 3.25. The van der Waals surface area contributed by atoms with Crippen LogP contribution in [0.15, 0.2) is 48.9 Å². The second-order valence-electron chi connectivity index (χ2n) is 4.60. The highest BCUT2D eigenvalue weighted by molar-refractivity contribution is 5.70. The van der Waals surface area contributed by atoms with E-state index in [-0.39, 0.29) is 0 Å². The minimum atomic E-state index is 0.458. The van der Waals surface area contributed by atoms with Crippen LogP contribution >= 0.6 is 0 Å². The maximum absolute atomic E-state index is 5.62. The van der Waals surface area contributed by atoms with E-state index in [0.717, 1.165) is 28.1 Å². The summed E-state index contributed by atoms with van der Waals surface area (Å²) in [7, 11) is 0. The number of nitrogens with two attached hydrogens (primary N) is 1. The van der Waals surface area contributed by atoms with Gasteiger partial charge in [-0.05, 0) is 36.8 Å². The molecule has 0 spiro atoms. The zero-order valence-corrected chi connectivity index (χ0v) is 11.4. The van der Waals surface area contributed by atoms with Crippen molar-refractivity contribution in [2.24, 2.45) is 5.73 Å². The number of benzene rings is 1. The van der Waals surface area contributed by atoms with Crippen molar-refractivity contribution in [2.75, 3.05) is 6.61 Å². The number of aromatic nitrogens is 2. The van der Waals surface area contributed by atoms with Gasteiger partial charge in [-0.25, -0.2) is 4.98 Å². The molecule has 0 unspecified atom stereocenters. The van der Waals surface area contributed by atoms with Gasteiger partial charge in [-0.15, -0.1) is 0 Å². The number of hydrogen-bond donors (Lipinski definition) is 1. The van der Waals surface area contributed by atoms with Crippen LogP contribution in [0.4, 0.5) is 0 Å². The molecule has 2 heterocycles. The third kappa shape index (κ3) is 2.38. The monoisotopic (exact) mass is 267 g/mol. The average Bonchev–Trinajstić information content (AvgIpc) is 2.91. The summed E-state index contributed by atoms with van der Waals surface area (Å²) in [6.07, 6.45) is 3.87. The van der Waals surface area contributed by atoms with Gasteiger partial charge in [-0.2, -0.15) is 0 Å². The van der Waals surface area contributed by atoms with Gasteiger partial charge in [0, 0.05) is 23.8 Å². The number of rotatable bonds is 4. The fourth-order valence-corrected chi connectivity index (χ4v) is 2.24. The lowest BCUT2D eigenvalue weighted by molar-refractivity contribution is 0.340. The normalized spacial score (nSPS) is 10.9. The van der Waals surface area contributed by atoms with Gasteiger partial charge in [-0.1, -0.05) is 12.1 Å². The van der Waals surface area contributed by atoms with Crippen LogP contribution in [0, 0.1) is 0 Å². The average molecular weight is 267 g/mol. The second-order valence-corrected chi connectivity index (χ2v) is 4.60. The molecule has 3 aromatic rings. The van der Waals surface area contributed by atoms with E-state index >= 15 is 0 Å². The van der Waals surface area contributed by atoms with E-state index in [1.54, 1.807) is 6.33 Å². The van der Waals surface area contributed by atoms with E-state index in [9.17, 15) is 0 Å². The molecule has 2 aromatic heterocycles. The minimum absolute atomic E-state index is 0.458. The molecule has 0 aliphatic heterocycles. The second kappa shape index (κ2) is 5.35. The van der Waals surface area contributed by atoms with Gasteiger partial charge in [0.2, 0.25) is 0 Å². The molecule has 3 rings (SSSR count). The van der Waals surface area contributed by atoms with Crippen LogP contribution in [0.2, 0.25) is 0 Å². The van der Waals surface area contributed by atoms with Crippen molar-refractivity contribution in [1.82, 2.24) is 9.38 Å². The summed E-state index contributed by atoms with van der Waals surface area (Å²) in [5.74, 6) is 0.895. The maximum Gasteiger partial charge on any atom is 0.119 e. The first-order chi connectivity index (χ1) is 9.80. The molecule has 0 saturated carbocycles. The van der Waals surface area contributed by atoms with Gasteiger partial charge in [0.1, 0.15) is 5.75 Å². The van der Waals surface area contributed by atoms with Crippen molar-refractivity contribution in [2.45, 2.75) is 13.5 Å². The molecule has 20 heavy (non-hydrogen) atoms. The van der Waals surface area contributed by atoms with E-state index in [1.165, 1.54) is 0 Å². The Labute approximate surface area is 117 Å². The van der Waals surface area contributed by atoms with Crippen molar-refractivity contribution < 1.29 is 4.74 Å². The molecular weight excluding hydrogens is 250 g/mol. The molecule has 0 aliphatic rings. The van der Waals surface area contributed by atoms with E-state index in [4.69, 9.17) is 10.5 Å². The minimum Gasteiger partial charge on any atom is -0.494 e. The predicted octanol–water partition coefficient (Wildman–Crippen LogP) is 2.86. The molecule has 0 saturated heterocycles. The Morgan fingerprint density at radius 2 is 1.95 bits per heavy atom. The molecule has 0 amide bonds. The topological polar surface area (TPSA) is 52.5 Å². The summed E-state index contributed by atoms with van der Waals surface area (Å²) < 4.78 is 7.46. The number of hydrogen-bond acceptors (Lipinski definition) is 3. The first-order valence-electron chi connectivity index (χ1n) is 6.70. The lowest BCUT2D eigenvalue weighted by atomic mass is 10.1. The van der Waals surface area contributed by atoms with Crippen LogP contribution < -0.4 is 10.5 Å². The van der Waals surface area contributed by atoms with Gasteiger partial charge in [0.15, 0.2) is 0 Å². The zero-order valence-electron chi connectivity index (χ0n) is 11.4. The van der Waals surface area contributed by atoms with Crippen molar-refractivity contribution >= 4 is 5.52 Å². The van der Waals surface area contributed by atoms with Gasteiger partial charge >= 0.3 is 0 Å². The highest BCUT2D eigenvalue weighted by Gasteiger charge is 2.04. The molecule has 0 fully saturated rings.